The lowest BCUT2D eigenvalue weighted by Crippen LogP contribution is -2.19. The molecule has 0 saturated heterocycles. The fraction of sp³-hybridized carbons (Fsp3) is 0.250. The first kappa shape index (κ1) is 14.4. The van der Waals surface area contributed by atoms with Gasteiger partial charge in [-0.3, -0.25) is 10.1 Å². The van der Waals surface area contributed by atoms with Gasteiger partial charge < -0.3 is 4.74 Å². The summed E-state index contributed by atoms with van der Waals surface area (Å²) in [5.41, 5.74) is -1.10. The van der Waals surface area contributed by atoms with Gasteiger partial charge in [0.15, 0.2) is 9.45 Å². The van der Waals surface area contributed by atoms with E-state index in [1.54, 1.807) is 6.07 Å². The third-order valence-electron chi connectivity index (χ3n) is 1.74. The van der Waals surface area contributed by atoms with Gasteiger partial charge in [0.1, 0.15) is 0 Å². The molecule has 1 heterocycles. The second kappa shape index (κ2) is 5.34. The summed E-state index contributed by atoms with van der Waals surface area (Å²) in [6.07, 6.45) is -4.89. The van der Waals surface area contributed by atoms with Crippen LogP contribution in [0, 0.1) is 25.1 Å². The number of rotatable bonds is 3. The molecular formula is C8H3F3IN3O3. The van der Waals surface area contributed by atoms with Crippen LogP contribution in [0.15, 0.2) is 6.20 Å². The molecule has 0 N–H and O–H groups in total. The van der Waals surface area contributed by atoms with E-state index in [2.05, 4.69) is 9.72 Å². The molecule has 1 aromatic heterocycles. The van der Waals surface area contributed by atoms with E-state index in [4.69, 9.17) is 5.26 Å². The predicted molar refractivity (Wildman–Crippen MR) is 59.6 cm³/mol. The number of nitrogens with zero attached hydrogens (tertiary/aromatic N) is 3. The van der Waals surface area contributed by atoms with E-state index < -0.39 is 34.7 Å². The quantitative estimate of drug-likeness (QED) is 0.352. The second-order valence-electron chi connectivity index (χ2n) is 2.88. The number of ether oxygens (including phenoxy) is 1. The monoisotopic (exact) mass is 373 g/mol. The molecule has 0 unspecified atom stereocenters. The fourth-order valence-corrected chi connectivity index (χ4v) is 1.81. The number of nitro groups is 1. The molecule has 0 saturated carbocycles. The van der Waals surface area contributed by atoms with Gasteiger partial charge in [-0.1, -0.05) is 0 Å². The van der Waals surface area contributed by atoms with Crippen LogP contribution in [0.2, 0.25) is 0 Å². The highest BCUT2D eigenvalue weighted by Crippen LogP contribution is 2.34. The van der Waals surface area contributed by atoms with E-state index >= 15 is 0 Å². The molecule has 0 aliphatic rings. The SMILES string of the molecule is N#CCc1c(OC(F)(F)F)cnc(I)c1[N+](=O)[O-]. The number of pyridine rings is 1. The number of hydrogen-bond donors (Lipinski definition) is 0. The van der Waals surface area contributed by atoms with Crippen LogP contribution in [-0.2, 0) is 6.42 Å². The Labute approximate surface area is 112 Å². The van der Waals surface area contributed by atoms with E-state index in [0.29, 0.717) is 6.20 Å². The number of alkyl halides is 3. The van der Waals surface area contributed by atoms with Crippen molar-refractivity contribution in [2.45, 2.75) is 12.8 Å². The molecule has 0 aromatic carbocycles. The maximum atomic E-state index is 12.1. The molecule has 0 radical (unpaired) electrons. The van der Waals surface area contributed by atoms with Gasteiger partial charge in [0.25, 0.3) is 0 Å². The van der Waals surface area contributed by atoms with Gasteiger partial charge in [-0.2, -0.15) is 5.26 Å². The number of hydrogen-bond acceptors (Lipinski definition) is 5. The molecular weight excluding hydrogens is 370 g/mol. The Bertz CT molecular complexity index is 527. The van der Waals surface area contributed by atoms with Gasteiger partial charge in [0.2, 0.25) is 0 Å². The Hall–Kier alpha value is -1.64. The standard InChI is InChI=1S/C8H3F3IN3O3/c9-8(10,11)18-5-3-14-7(12)6(15(16)17)4(5)1-2-13/h3H,1H2. The number of nitriles is 1. The maximum Gasteiger partial charge on any atom is 0.573 e. The van der Waals surface area contributed by atoms with E-state index in [-0.39, 0.29) is 3.70 Å². The second-order valence-corrected chi connectivity index (χ2v) is 3.90. The predicted octanol–water partition coefficient (Wildman–Crippen LogP) is 2.56. The number of aromatic nitrogens is 1. The van der Waals surface area contributed by atoms with Crippen molar-refractivity contribution in [3.05, 3.63) is 25.6 Å². The molecule has 0 fully saturated rings. The average molecular weight is 373 g/mol. The molecule has 0 atom stereocenters. The topological polar surface area (TPSA) is 89.0 Å². The Kier molecular flexibility index (Phi) is 4.28. The molecule has 1 rings (SSSR count). The minimum absolute atomic E-state index is 0.114. The summed E-state index contributed by atoms with van der Waals surface area (Å²) in [5, 5.41) is 19.3. The zero-order chi connectivity index (χ0) is 13.9. The van der Waals surface area contributed by atoms with E-state index in [0.717, 1.165) is 0 Å². The van der Waals surface area contributed by atoms with Gasteiger partial charge in [-0.05, 0) is 22.6 Å². The molecule has 10 heteroatoms. The van der Waals surface area contributed by atoms with Crippen molar-refractivity contribution in [3.63, 3.8) is 0 Å². The molecule has 0 amide bonds. The van der Waals surface area contributed by atoms with Crippen molar-refractivity contribution < 1.29 is 22.8 Å². The third kappa shape index (κ3) is 3.42. The van der Waals surface area contributed by atoms with Crippen LogP contribution in [0.5, 0.6) is 5.75 Å². The molecule has 1 aromatic rings. The Balaban J connectivity index is 3.40. The molecule has 96 valence electrons. The first-order chi connectivity index (χ1) is 8.26. The zero-order valence-electron chi connectivity index (χ0n) is 8.36. The lowest BCUT2D eigenvalue weighted by Gasteiger charge is -2.11. The van der Waals surface area contributed by atoms with Gasteiger partial charge in [0, 0.05) is 0 Å². The lowest BCUT2D eigenvalue weighted by molar-refractivity contribution is -0.387. The van der Waals surface area contributed by atoms with Crippen molar-refractivity contribution in [1.82, 2.24) is 4.98 Å². The van der Waals surface area contributed by atoms with Crippen LogP contribution in [0.1, 0.15) is 5.56 Å². The van der Waals surface area contributed by atoms with Crippen molar-refractivity contribution in [2.24, 2.45) is 0 Å². The maximum absolute atomic E-state index is 12.1. The zero-order valence-corrected chi connectivity index (χ0v) is 10.5. The lowest BCUT2D eigenvalue weighted by atomic mass is 10.1. The first-order valence-corrected chi connectivity index (χ1v) is 5.28. The fourth-order valence-electron chi connectivity index (χ4n) is 1.14. The summed E-state index contributed by atoms with van der Waals surface area (Å²) >= 11 is 1.50. The molecule has 0 bridgehead atoms. The average Bonchev–Trinajstić information content (AvgIpc) is 2.20. The van der Waals surface area contributed by atoms with Crippen molar-refractivity contribution in [3.8, 4) is 11.8 Å². The Morgan fingerprint density at radius 2 is 2.22 bits per heavy atom. The van der Waals surface area contributed by atoms with Crippen molar-refractivity contribution in [1.29, 1.82) is 5.26 Å². The summed E-state index contributed by atoms with van der Waals surface area (Å²) in [6, 6.07) is 1.55. The van der Waals surface area contributed by atoms with Gasteiger partial charge in [-0.25, -0.2) is 4.98 Å². The first-order valence-electron chi connectivity index (χ1n) is 4.20. The molecule has 18 heavy (non-hydrogen) atoms. The van der Waals surface area contributed by atoms with Crippen molar-refractivity contribution >= 4 is 28.3 Å². The van der Waals surface area contributed by atoms with E-state index in [1.165, 1.54) is 22.6 Å². The molecule has 6 nitrogen and oxygen atoms in total. The number of halogens is 4. The Morgan fingerprint density at radius 1 is 1.61 bits per heavy atom. The van der Waals surface area contributed by atoms with Crippen LogP contribution >= 0.6 is 22.6 Å². The van der Waals surface area contributed by atoms with E-state index in [1.807, 2.05) is 0 Å². The van der Waals surface area contributed by atoms with Crippen LogP contribution in [0.3, 0.4) is 0 Å². The third-order valence-corrected chi connectivity index (χ3v) is 2.53. The van der Waals surface area contributed by atoms with Gasteiger partial charge >= 0.3 is 12.0 Å². The van der Waals surface area contributed by atoms with Crippen LogP contribution in [-0.4, -0.2) is 16.3 Å². The largest absolute Gasteiger partial charge is 0.573 e. The van der Waals surface area contributed by atoms with Crippen molar-refractivity contribution in [2.75, 3.05) is 0 Å². The molecule has 0 spiro atoms. The minimum atomic E-state index is -5.01. The summed E-state index contributed by atoms with van der Waals surface area (Å²) in [5.74, 6) is -0.837. The molecule has 0 aliphatic heterocycles. The highest BCUT2D eigenvalue weighted by molar-refractivity contribution is 14.1. The van der Waals surface area contributed by atoms with Crippen LogP contribution < -0.4 is 4.74 Å². The highest BCUT2D eigenvalue weighted by Gasteiger charge is 2.35. The summed E-state index contributed by atoms with van der Waals surface area (Å²) in [4.78, 5) is 13.3. The molecule has 0 aliphatic carbocycles. The normalized spacial score (nSPS) is 10.8. The highest BCUT2D eigenvalue weighted by atomic mass is 127. The van der Waals surface area contributed by atoms with Crippen LogP contribution in [0.4, 0.5) is 18.9 Å². The Morgan fingerprint density at radius 3 is 2.67 bits per heavy atom. The summed E-state index contributed by atoms with van der Waals surface area (Å²) in [6.45, 7) is 0. The van der Waals surface area contributed by atoms with Gasteiger partial charge in [-0.15, -0.1) is 13.2 Å². The summed E-state index contributed by atoms with van der Waals surface area (Å²) < 4.78 is 39.8. The van der Waals surface area contributed by atoms with Crippen LogP contribution in [0.25, 0.3) is 0 Å². The van der Waals surface area contributed by atoms with E-state index in [9.17, 15) is 23.3 Å². The van der Waals surface area contributed by atoms with Gasteiger partial charge in [0.05, 0.1) is 29.2 Å². The smallest absolute Gasteiger partial charge is 0.404 e. The minimum Gasteiger partial charge on any atom is -0.404 e. The summed E-state index contributed by atoms with van der Waals surface area (Å²) in [7, 11) is 0.